The Bertz CT molecular complexity index is 1250. The third kappa shape index (κ3) is 3.65. The van der Waals surface area contributed by atoms with Crippen LogP contribution in [0.15, 0.2) is 90.1 Å². The van der Waals surface area contributed by atoms with Crippen LogP contribution in [-0.4, -0.2) is 23.3 Å². The zero-order valence-corrected chi connectivity index (χ0v) is 16.1. The Morgan fingerprint density at radius 1 is 0.867 bits per heavy atom. The number of oxime groups is 1. The number of fused-ring (bicyclic) bond motifs is 1. The second-order valence-corrected chi connectivity index (χ2v) is 7.05. The number of hydrogen-bond acceptors (Lipinski definition) is 5. The van der Waals surface area contributed by atoms with Crippen molar-refractivity contribution in [2.24, 2.45) is 5.16 Å². The molecule has 0 radical (unpaired) electrons. The first-order valence-electron chi connectivity index (χ1n) is 9.70. The number of hydrogen-bond donors (Lipinski definition) is 0. The Kier molecular flexibility index (Phi) is 4.69. The van der Waals surface area contributed by atoms with E-state index in [1.165, 1.54) is 0 Å². The van der Waals surface area contributed by atoms with E-state index >= 15 is 0 Å². The van der Waals surface area contributed by atoms with E-state index in [1.54, 1.807) is 0 Å². The fraction of sp³-hybridized carbons (Fsp3) is 0.0800. The average molecular weight is 394 g/mol. The van der Waals surface area contributed by atoms with E-state index < -0.39 is 0 Å². The lowest BCUT2D eigenvalue weighted by Gasteiger charge is -2.11. The maximum Gasteiger partial charge on any atom is 0.340 e. The average Bonchev–Trinajstić information content (AvgIpc) is 3.23. The van der Waals surface area contributed by atoms with Crippen molar-refractivity contribution in [2.45, 2.75) is 6.42 Å². The Morgan fingerprint density at radius 3 is 2.40 bits per heavy atom. The SMILES string of the molecule is O=C1CC(COc2ccc(-c3cc(-c4ccccc4)c4ccccc4n3)cc2)=NO1. The molecule has 5 rings (SSSR count). The Morgan fingerprint density at radius 2 is 1.63 bits per heavy atom. The lowest BCUT2D eigenvalue weighted by Crippen LogP contribution is -2.10. The summed E-state index contributed by atoms with van der Waals surface area (Å²) in [5, 5.41) is 4.82. The van der Waals surface area contributed by atoms with Gasteiger partial charge in [0.05, 0.1) is 17.6 Å². The zero-order valence-electron chi connectivity index (χ0n) is 16.1. The van der Waals surface area contributed by atoms with Crippen molar-refractivity contribution in [2.75, 3.05) is 6.61 Å². The summed E-state index contributed by atoms with van der Waals surface area (Å²) in [7, 11) is 0. The van der Waals surface area contributed by atoms with Gasteiger partial charge in [-0.15, -0.1) is 0 Å². The van der Waals surface area contributed by atoms with Gasteiger partial charge < -0.3 is 9.57 Å². The van der Waals surface area contributed by atoms with Gasteiger partial charge >= 0.3 is 5.97 Å². The second-order valence-electron chi connectivity index (χ2n) is 7.05. The highest BCUT2D eigenvalue weighted by atomic mass is 16.7. The number of ether oxygens (including phenoxy) is 1. The number of rotatable bonds is 5. The fourth-order valence-corrected chi connectivity index (χ4v) is 3.49. The first-order chi connectivity index (χ1) is 14.8. The lowest BCUT2D eigenvalue weighted by atomic mass is 9.98. The molecular formula is C25H18N2O3. The van der Waals surface area contributed by atoms with E-state index in [0.717, 1.165) is 33.3 Å². The van der Waals surface area contributed by atoms with Gasteiger partial charge in [0.25, 0.3) is 0 Å². The Hall–Kier alpha value is -3.99. The predicted octanol–water partition coefficient (Wildman–Crippen LogP) is 5.25. The van der Waals surface area contributed by atoms with Crippen LogP contribution in [0.3, 0.4) is 0 Å². The molecular weight excluding hydrogens is 376 g/mol. The van der Waals surface area contributed by atoms with Crippen molar-refractivity contribution in [3.05, 3.63) is 84.9 Å². The molecule has 2 heterocycles. The van der Waals surface area contributed by atoms with Crippen LogP contribution < -0.4 is 4.74 Å². The van der Waals surface area contributed by atoms with Gasteiger partial charge in [-0.05, 0) is 47.5 Å². The number of carbonyl (C=O) groups excluding carboxylic acids is 1. The minimum atomic E-state index is -0.347. The summed E-state index contributed by atoms with van der Waals surface area (Å²) in [5.41, 5.74) is 5.76. The van der Waals surface area contributed by atoms with Crippen LogP contribution in [-0.2, 0) is 9.63 Å². The minimum Gasteiger partial charge on any atom is -0.488 e. The molecule has 5 nitrogen and oxygen atoms in total. The largest absolute Gasteiger partial charge is 0.488 e. The molecule has 0 saturated heterocycles. The van der Waals surface area contributed by atoms with Gasteiger partial charge in [0.2, 0.25) is 0 Å². The third-order valence-electron chi connectivity index (χ3n) is 4.98. The molecule has 5 heteroatoms. The minimum absolute atomic E-state index is 0.182. The second kappa shape index (κ2) is 7.79. The van der Waals surface area contributed by atoms with Crippen molar-refractivity contribution >= 4 is 22.6 Å². The number of benzene rings is 3. The van der Waals surface area contributed by atoms with E-state index in [4.69, 9.17) is 9.72 Å². The van der Waals surface area contributed by atoms with Gasteiger partial charge in [0.15, 0.2) is 0 Å². The number of pyridine rings is 1. The maximum absolute atomic E-state index is 11.1. The van der Waals surface area contributed by atoms with Crippen molar-refractivity contribution in [1.82, 2.24) is 4.98 Å². The summed E-state index contributed by atoms with van der Waals surface area (Å²) in [6.45, 7) is 0.234. The highest BCUT2D eigenvalue weighted by Crippen LogP contribution is 2.32. The molecule has 0 spiro atoms. The van der Waals surface area contributed by atoms with Crippen LogP contribution in [0.1, 0.15) is 6.42 Å². The van der Waals surface area contributed by atoms with E-state index in [-0.39, 0.29) is 19.0 Å². The van der Waals surface area contributed by atoms with Crippen LogP contribution in [0.4, 0.5) is 0 Å². The van der Waals surface area contributed by atoms with Gasteiger partial charge in [0.1, 0.15) is 18.1 Å². The number of aromatic nitrogens is 1. The maximum atomic E-state index is 11.1. The molecule has 1 aromatic heterocycles. The van der Waals surface area contributed by atoms with Crippen LogP contribution >= 0.6 is 0 Å². The Labute approximate surface area is 173 Å². The summed E-state index contributed by atoms with van der Waals surface area (Å²) < 4.78 is 5.71. The topological polar surface area (TPSA) is 60.8 Å². The van der Waals surface area contributed by atoms with Gasteiger partial charge in [-0.25, -0.2) is 9.78 Å². The molecule has 30 heavy (non-hydrogen) atoms. The zero-order chi connectivity index (χ0) is 20.3. The van der Waals surface area contributed by atoms with Crippen LogP contribution in [0.25, 0.3) is 33.3 Å². The summed E-state index contributed by atoms with van der Waals surface area (Å²) in [5.74, 6) is 0.352. The van der Waals surface area contributed by atoms with Crippen LogP contribution in [0.5, 0.6) is 5.75 Å². The van der Waals surface area contributed by atoms with Gasteiger partial charge in [-0.3, -0.25) is 0 Å². The normalized spacial score (nSPS) is 13.2. The number of nitrogens with zero attached hydrogens (tertiary/aromatic N) is 2. The number of para-hydroxylation sites is 1. The molecule has 0 amide bonds. The summed E-state index contributed by atoms with van der Waals surface area (Å²) in [6, 6.07) is 28.4. The molecule has 0 fully saturated rings. The lowest BCUT2D eigenvalue weighted by molar-refractivity contribution is -0.140. The summed E-state index contributed by atoms with van der Waals surface area (Å²) >= 11 is 0. The third-order valence-corrected chi connectivity index (χ3v) is 4.98. The molecule has 0 N–H and O–H groups in total. The highest BCUT2D eigenvalue weighted by Gasteiger charge is 2.17. The first-order valence-corrected chi connectivity index (χ1v) is 9.70. The van der Waals surface area contributed by atoms with E-state index in [9.17, 15) is 4.79 Å². The van der Waals surface area contributed by atoms with Crippen LogP contribution in [0, 0.1) is 0 Å². The van der Waals surface area contributed by atoms with Crippen LogP contribution in [0.2, 0.25) is 0 Å². The standard InChI is InChI=1S/C25H18N2O3/c28-25-14-19(27-30-25)16-29-20-12-10-18(11-13-20)24-15-22(17-6-2-1-3-7-17)21-8-4-5-9-23(21)26-24/h1-13,15H,14,16H2. The monoisotopic (exact) mass is 394 g/mol. The van der Waals surface area contributed by atoms with E-state index in [0.29, 0.717) is 11.5 Å². The molecule has 4 aromatic rings. The van der Waals surface area contributed by atoms with Crippen molar-refractivity contribution < 1.29 is 14.4 Å². The molecule has 1 aliphatic heterocycles. The van der Waals surface area contributed by atoms with Crippen molar-refractivity contribution in [1.29, 1.82) is 0 Å². The van der Waals surface area contributed by atoms with Gasteiger partial charge in [-0.1, -0.05) is 53.7 Å². The van der Waals surface area contributed by atoms with Crippen molar-refractivity contribution in [3.63, 3.8) is 0 Å². The van der Waals surface area contributed by atoms with E-state index in [2.05, 4.69) is 34.3 Å². The molecule has 0 bridgehead atoms. The molecule has 1 aliphatic rings. The molecule has 0 aliphatic carbocycles. The molecule has 0 saturated carbocycles. The van der Waals surface area contributed by atoms with E-state index in [1.807, 2.05) is 60.7 Å². The molecule has 0 unspecified atom stereocenters. The Balaban J connectivity index is 1.45. The fourth-order valence-electron chi connectivity index (χ4n) is 3.49. The number of carbonyl (C=O) groups is 1. The molecule has 0 atom stereocenters. The molecule has 3 aromatic carbocycles. The van der Waals surface area contributed by atoms with Gasteiger partial charge in [-0.2, -0.15) is 0 Å². The summed E-state index contributed by atoms with van der Waals surface area (Å²) in [6.07, 6.45) is 0.182. The summed E-state index contributed by atoms with van der Waals surface area (Å²) in [4.78, 5) is 20.5. The predicted molar refractivity (Wildman–Crippen MR) is 116 cm³/mol. The smallest absolute Gasteiger partial charge is 0.340 e. The quantitative estimate of drug-likeness (QED) is 0.434. The first kappa shape index (κ1) is 18.1. The highest BCUT2D eigenvalue weighted by molar-refractivity contribution is 6.02. The van der Waals surface area contributed by atoms with Crippen molar-refractivity contribution in [3.8, 4) is 28.1 Å². The van der Waals surface area contributed by atoms with Gasteiger partial charge in [0, 0.05) is 10.9 Å². The molecule has 146 valence electrons.